The summed E-state index contributed by atoms with van der Waals surface area (Å²) < 4.78 is 49.6. The highest BCUT2D eigenvalue weighted by molar-refractivity contribution is 5.76. The van der Waals surface area contributed by atoms with E-state index in [1.54, 1.807) is 7.11 Å². The maximum atomic E-state index is 12.8. The SMILES string of the molecule is COc1ccc(CCC(=O)NC2CCN(c3ccc(C(F)(F)F)cn3)C2)cc1OCc1ccccc1. The lowest BCUT2D eigenvalue weighted by molar-refractivity contribution is -0.137. The van der Waals surface area contributed by atoms with Crippen molar-refractivity contribution in [3.05, 3.63) is 83.6 Å². The minimum absolute atomic E-state index is 0.0789. The first kappa shape index (κ1) is 25.3. The van der Waals surface area contributed by atoms with Crippen molar-refractivity contribution in [3.8, 4) is 11.5 Å². The molecule has 1 unspecified atom stereocenters. The molecular formula is C27H28F3N3O3. The number of aryl methyl sites for hydroxylation is 1. The Labute approximate surface area is 208 Å². The molecule has 0 radical (unpaired) electrons. The lowest BCUT2D eigenvalue weighted by Crippen LogP contribution is -2.37. The van der Waals surface area contributed by atoms with Crippen LogP contribution in [0.1, 0.15) is 29.5 Å². The highest BCUT2D eigenvalue weighted by atomic mass is 19.4. The van der Waals surface area contributed by atoms with Gasteiger partial charge in [-0.3, -0.25) is 4.79 Å². The zero-order chi connectivity index (χ0) is 25.5. The van der Waals surface area contributed by atoms with Gasteiger partial charge in [0.2, 0.25) is 5.91 Å². The lowest BCUT2D eigenvalue weighted by Gasteiger charge is -2.18. The fraction of sp³-hybridized carbons (Fsp3) is 0.333. The second kappa shape index (κ2) is 11.3. The van der Waals surface area contributed by atoms with Crippen LogP contribution in [0, 0.1) is 0 Å². The maximum Gasteiger partial charge on any atom is 0.417 e. The first-order valence-corrected chi connectivity index (χ1v) is 11.7. The van der Waals surface area contributed by atoms with Crippen molar-refractivity contribution >= 4 is 11.7 Å². The van der Waals surface area contributed by atoms with Crippen LogP contribution in [-0.2, 0) is 24.0 Å². The normalized spacial score (nSPS) is 15.6. The lowest BCUT2D eigenvalue weighted by atomic mass is 10.1. The Balaban J connectivity index is 1.27. The van der Waals surface area contributed by atoms with Crippen molar-refractivity contribution in [3.63, 3.8) is 0 Å². The first-order chi connectivity index (χ1) is 17.3. The Bertz CT molecular complexity index is 1150. The number of carbonyl (C=O) groups excluding carboxylic acids is 1. The number of carbonyl (C=O) groups is 1. The van der Waals surface area contributed by atoms with Crippen LogP contribution in [0.25, 0.3) is 0 Å². The van der Waals surface area contributed by atoms with Gasteiger partial charge in [0.15, 0.2) is 11.5 Å². The van der Waals surface area contributed by atoms with E-state index in [1.807, 2.05) is 53.4 Å². The molecule has 1 atom stereocenters. The molecule has 0 bridgehead atoms. The van der Waals surface area contributed by atoms with Crippen LogP contribution in [0.15, 0.2) is 66.9 Å². The van der Waals surface area contributed by atoms with E-state index in [2.05, 4.69) is 10.3 Å². The van der Waals surface area contributed by atoms with E-state index in [0.717, 1.165) is 23.4 Å². The predicted molar refractivity (Wildman–Crippen MR) is 130 cm³/mol. The molecule has 0 spiro atoms. The topological polar surface area (TPSA) is 63.7 Å². The van der Waals surface area contributed by atoms with Gasteiger partial charge in [-0.15, -0.1) is 0 Å². The number of methoxy groups -OCH3 is 1. The number of ether oxygens (including phenoxy) is 2. The molecule has 4 rings (SSSR count). The van der Waals surface area contributed by atoms with Gasteiger partial charge < -0.3 is 19.7 Å². The number of nitrogens with one attached hydrogen (secondary N) is 1. The number of aromatic nitrogens is 1. The monoisotopic (exact) mass is 499 g/mol. The summed E-state index contributed by atoms with van der Waals surface area (Å²) >= 11 is 0. The summed E-state index contributed by atoms with van der Waals surface area (Å²) in [6, 6.07) is 17.8. The average molecular weight is 500 g/mol. The van der Waals surface area contributed by atoms with Crippen LogP contribution in [-0.4, -0.2) is 37.1 Å². The molecular weight excluding hydrogens is 471 g/mol. The molecule has 1 aromatic heterocycles. The van der Waals surface area contributed by atoms with Crippen molar-refractivity contribution < 1.29 is 27.4 Å². The minimum atomic E-state index is -4.41. The van der Waals surface area contributed by atoms with Crippen LogP contribution < -0.4 is 19.7 Å². The molecule has 0 saturated carbocycles. The molecule has 36 heavy (non-hydrogen) atoms. The van der Waals surface area contributed by atoms with Gasteiger partial charge in [-0.1, -0.05) is 36.4 Å². The Morgan fingerprint density at radius 1 is 1.08 bits per heavy atom. The quantitative estimate of drug-likeness (QED) is 0.448. The Morgan fingerprint density at radius 3 is 2.58 bits per heavy atom. The van der Waals surface area contributed by atoms with Crippen molar-refractivity contribution in [2.24, 2.45) is 0 Å². The second-order valence-electron chi connectivity index (χ2n) is 8.66. The molecule has 190 valence electrons. The number of benzene rings is 2. The van der Waals surface area contributed by atoms with E-state index in [-0.39, 0.29) is 11.9 Å². The summed E-state index contributed by atoms with van der Waals surface area (Å²) in [6.07, 6.45) is -2.03. The number of amides is 1. The van der Waals surface area contributed by atoms with Gasteiger partial charge in [-0.25, -0.2) is 4.98 Å². The highest BCUT2D eigenvalue weighted by Gasteiger charge is 2.31. The molecule has 1 amide bonds. The summed E-state index contributed by atoms with van der Waals surface area (Å²) in [5.41, 5.74) is 1.22. The highest BCUT2D eigenvalue weighted by Crippen LogP contribution is 2.31. The largest absolute Gasteiger partial charge is 0.493 e. The van der Waals surface area contributed by atoms with Crippen LogP contribution in [0.2, 0.25) is 0 Å². The molecule has 2 aromatic carbocycles. The number of rotatable bonds is 9. The number of hydrogen-bond acceptors (Lipinski definition) is 5. The van der Waals surface area contributed by atoms with Gasteiger partial charge in [-0.2, -0.15) is 13.2 Å². The van der Waals surface area contributed by atoms with Gasteiger partial charge in [-0.05, 0) is 48.2 Å². The van der Waals surface area contributed by atoms with Crippen molar-refractivity contribution in [1.82, 2.24) is 10.3 Å². The Hall–Kier alpha value is -3.75. The third kappa shape index (κ3) is 6.68. The zero-order valence-corrected chi connectivity index (χ0v) is 19.9. The fourth-order valence-electron chi connectivity index (χ4n) is 4.11. The zero-order valence-electron chi connectivity index (χ0n) is 19.9. The van der Waals surface area contributed by atoms with Gasteiger partial charge in [0.25, 0.3) is 0 Å². The molecule has 0 aliphatic carbocycles. The van der Waals surface area contributed by atoms with Crippen LogP contribution >= 0.6 is 0 Å². The Morgan fingerprint density at radius 2 is 1.89 bits per heavy atom. The minimum Gasteiger partial charge on any atom is -0.493 e. The van der Waals surface area contributed by atoms with E-state index < -0.39 is 11.7 Å². The third-order valence-corrected chi connectivity index (χ3v) is 6.06. The summed E-state index contributed by atoms with van der Waals surface area (Å²) in [7, 11) is 1.59. The first-order valence-electron chi connectivity index (χ1n) is 11.7. The van der Waals surface area contributed by atoms with Crippen LogP contribution in [0.4, 0.5) is 19.0 Å². The fourth-order valence-corrected chi connectivity index (χ4v) is 4.11. The number of anilines is 1. The van der Waals surface area contributed by atoms with E-state index in [4.69, 9.17) is 9.47 Å². The number of pyridine rings is 1. The molecule has 1 N–H and O–H groups in total. The van der Waals surface area contributed by atoms with E-state index in [1.165, 1.54) is 6.07 Å². The van der Waals surface area contributed by atoms with Crippen molar-refractivity contribution in [2.75, 3.05) is 25.1 Å². The summed E-state index contributed by atoms with van der Waals surface area (Å²) in [6.45, 7) is 1.53. The Kier molecular flexibility index (Phi) is 7.97. The summed E-state index contributed by atoms with van der Waals surface area (Å²) in [5.74, 6) is 1.64. The van der Waals surface area contributed by atoms with Crippen LogP contribution in [0.5, 0.6) is 11.5 Å². The number of alkyl halides is 3. The number of nitrogens with zero attached hydrogens (tertiary/aromatic N) is 2. The number of hydrogen-bond donors (Lipinski definition) is 1. The van der Waals surface area contributed by atoms with Gasteiger partial charge in [0, 0.05) is 31.7 Å². The molecule has 1 saturated heterocycles. The van der Waals surface area contributed by atoms with Crippen molar-refractivity contribution in [1.29, 1.82) is 0 Å². The molecule has 9 heteroatoms. The van der Waals surface area contributed by atoms with E-state index in [9.17, 15) is 18.0 Å². The molecule has 3 aromatic rings. The maximum absolute atomic E-state index is 12.8. The number of halogens is 3. The third-order valence-electron chi connectivity index (χ3n) is 6.06. The van der Waals surface area contributed by atoms with Gasteiger partial charge in [0.05, 0.1) is 12.7 Å². The van der Waals surface area contributed by atoms with Crippen molar-refractivity contribution in [2.45, 2.75) is 38.1 Å². The van der Waals surface area contributed by atoms with E-state index in [0.29, 0.717) is 56.3 Å². The van der Waals surface area contributed by atoms with Gasteiger partial charge in [0.1, 0.15) is 12.4 Å². The smallest absolute Gasteiger partial charge is 0.417 e. The average Bonchev–Trinajstić information content (AvgIpc) is 3.35. The molecule has 1 fully saturated rings. The second-order valence-corrected chi connectivity index (χ2v) is 8.66. The molecule has 2 heterocycles. The van der Waals surface area contributed by atoms with Crippen LogP contribution in [0.3, 0.4) is 0 Å². The predicted octanol–water partition coefficient (Wildman–Crippen LogP) is 5.02. The molecule has 1 aliphatic heterocycles. The van der Waals surface area contributed by atoms with Gasteiger partial charge >= 0.3 is 6.18 Å². The van der Waals surface area contributed by atoms with E-state index >= 15 is 0 Å². The standard InChI is InChI=1S/C27H28F3N3O3/c1-35-23-10-7-19(15-24(23)36-18-20-5-3-2-4-6-20)8-12-26(34)32-22-13-14-33(17-22)25-11-9-21(16-31-25)27(28,29)30/h2-7,9-11,15-16,22H,8,12-14,17-18H2,1H3,(H,32,34). The molecule has 6 nitrogen and oxygen atoms in total. The summed E-state index contributed by atoms with van der Waals surface area (Å²) in [5, 5.41) is 3.02. The summed E-state index contributed by atoms with van der Waals surface area (Å²) in [4.78, 5) is 18.4. The molecule has 1 aliphatic rings.